The normalized spacial score (nSPS) is 24.2. The van der Waals surface area contributed by atoms with Gasteiger partial charge in [-0.3, -0.25) is 0 Å². The summed E-state index contributed by atoms with van der Waals surface area (Å²) in [4.78, 5) is 11.3. The number of halogens is 1. The summed E-state index contributed by atoms with van der Waals surface area (Å²) in [6.45, 7) is 4.34. The number of carbonyl (C=O) groups is 1. The molecule has 2 rings (SSSR count). The number of piperidine rings is 1. The zero-order chi connectivity index (χ0) is 14.0. The second kappa shape index (κ2) is 5.92. The minimum absolute atomic E-state index is 0.291. The summed E-state index contributed by atoms with van der Waals surface area (Å²) in [6, 6.07) is 6.11. The highest BCUT2D eigenvalue weighted by Gasteiger charge is 2.25. The number of hydrazine groups is 1. The molecule has 5 heteroatoms. The van der Waals surface area contributed by atoms with Gasteiger partial charge in [0.2, 0.25) is 0 Å². The molecule has 0 aliphatic carbocycles. The molecule has 0 radical (unpaired) electrons. The Bertz CT molecular complexity index is 469. The first kappa shape index (κ1) is 14.3. The van der Waals surface area contributed by atoms with Gasteiger partial charge in [-0.2, -0.15) is 0 Å². The van der Waals surface area contributed by atoms with Crippen LogP contribution in [0, 0.1) is 0 Å². The average molecular weight is 327 g/mol. The van der Waals surface area contributed by atoms with Crippen LogP contribution >= 0.6 is 15.9 Å². The lowest BCUT2D eigenvalue weighted by molar-refractivity contribution is 0.0696. The average Bonchev–Trinajstić information content (AvgIpc) is 2.35. The van der Waals surface area contributed by atoms with E-state index in [1.807, 2.05) is 12.1 Å². The van der Waals surface area contributed by atoms with Gasteiger partial charge in [-0.25, -0.2) is 9.80 Å². The van der Waals surface area contributed by atoms with Gasteiger partial charge >= 0.3 is 5.97 Å². The van der Waals surface area contributed by atoms with Gasteiger partial charge in [0.1, 0.15) is 0 Å². The summed E-state index contributed by atoms with van der Waals surface area (Å²) >= 11 is 3.31. The van der Waals surface area contributed by atoms with Gasteiger partial charge in [-0.05, 0) is 44.9 Å². The molecule has 0 aromatic heterocycles. The monoisotopic (exact) mass is 326 g/mol. The fraction of sp³-hybridized carbons (Fsp3) is 0.500. The van der Waals surface area contributed by atoms with E-state index < -0.39 is 5.97 Å². The molecule has 2 N–H and O–H groups in total. The van der Waals surface area contributed by atoms with E-state index in [1.54, 1.807) is 6.07 Å². The van der Waals surface area contributed by atoms with E-state index in [9.17, 15) is 9.90 Å². The molecule has 1 saturated heterocycles. The van der Waals surface area contributed by atoms with Crippen LogP contribution in [0.15, 0.2) is 22.7 Å². The molecule has 2 unspecified atom stereocenters. The molecular weight excluding hydrogens is 308 g/mol. The summed E-state index contributed by atoms with van der Waals surface area (Å²) in [7, 11) is 0. The fourth-order valence-corrected chi connectivity index (χ4v) is 2.93. The molecule has 0 amide bonds. The zero-order valence-corrected chi connectivity index (χ0v) is 12.8. The van der Waals surface area contributed by atoms with Crippen LogP contribution < -0.4 is 5.43 Å². The molecule has 0 spiro atoms. The maximum absolute atomic E-state index is 11.3. The molecule has 0 bridgehead atoms. The maximum Gasteiger partial charge on any atom is 0.337 e. The SMILES string of the molecule is CC1CCCC(C)N1Nc1ccc(Br)cc1C(=O)O. The number of rotatable bonds is 3. The van der Waals surface area contributed by atoms with Gasteiger partial charge in [-0.1, -0.05) is 22.4 Å². The molecule has 1 aliphatic heterocycles. The van der Waals surface area contributed by atoms with E-state index in [-0.39, 0.29) is 0 Å². The smallest absolute Gasteiger partial charge is 0.337 e. The topological polar surface area (TPSA) is 52.6 Å². The lowest BCUT2D eigenvalue weighted by atomic mass is 10.00. The zero-order valence-electron chi connectivity index (χ0n) is 11.2. The number of benzene rings is 1. The molecule has 4 nitrogen and oxygen atoms in total. The molecule has 1 heterocycles. The minimum atomic E-state index is -0.916. The first-order valence-corrected chi connectivity index (χ1v) is 7.36. The third-order valence-corrected chi connectivity index (χ3v) is 4.15. The molecule has 2 atom stereocenters. The standard InChI is InChI=1S/C14H19BrN2O2/c1-9-4-3-5-10(2)17(9)16-13-7-6-11(15)8-12(13)14(18)19/h6-10,16H,3-5H2,1-2H3,(H,18,19). The molecule has 0 saturated carbocycles. The van der Waals surface area contributed by atoms with Gasteiger partial charge in [0, 0.05) is 16.6 Å². The van der Waals surface area contributed by atoms with Crippen molar-refractivity contribution in [2.45, 2.75) is 45.2 Å². The van der Waals surface area contributed by atoms with Gasteiger partial charge < -0.3 is 10.5 Å². The second-order valence-electron chi connectivity index (χ2n) is 5.14. The van der Waals surface area contributed by atoms with Crippen LogP contribution in [0.5, 0.6) is 0 Å². The predicted molar refractivity (Wildman–Crippen MR) is 79.3 cm³/mol. The number of nitrogens with one attached hydrogen (secondary N) is 1. The summed E-state index contributed by atoms with van der Waals surface area (Å²) in [5.74, 6) is -0.916. The summed E-state index contributed by atoms with van der Waals surface area (Å²) in [6.07, 6.45) is 3.50. The van der Waals surface area contributed by atoms with Crippen LogP contribution in [0.1, 0.15) is 43.5 Å². The van der Waals surface area contributed by atoms with E-state index in [1.165, 1.54) is 6.42 Å². The van der Waals surface area contributed by atoms with Crippen molar-refractivity contribution in [3.8, 4) is 0 Å². The van der Waals surface area contributed by atoms with Crippen molar-refractivity contribution in [2.24, 2.45) is 0 Å². The molecule has 19 heavy (non-hydrogen) atoms. The third kappa shape index (κ3) is 3.28. The molecule has 1 fully saturated rings. The van der Waals surface area contributed by atoms with E-state index >= 15 is 0 Å². The van der Waals surface area contributed by atoms with Gasteiger partial charge in [0.25, 0.3) is 0 Å². The summed E-state index contributed by atoms with van der Waals surface area (Å²) in [5, 5.41) is 11.4. The summed E-state index contributed by atoms with van der Waals surface area (Å²) in [5.41, 5.74) is 4.23. The Balaban J connectivity index is 2.24. The van der Waals surface area contributed by atoms with Crippen LogP contribution in [0.4, 0.5) is 5.69 Å². The lowest BCUT2D eigenvalue weighted by Gasteiger charge is -2.39. The quantitative estimate of drug-likeness (QED) is 0.888. The molecule has 1 aromatic carbocycles. The molecule has 1 aliphatic rings. The Kier molecular flexibility index (Phi) is 4.47. The molecular formula is C14H19BrN2O2. The Labute approximate surface area is 121 Å². The largest absolute Gasteiger partial charge is 0.478 e. The van der Waals surface area contributed by atoms with Gasteiger partial charge in [0.05, 0.1) is 11.3 Å². The number of hydrogen-bond donors (Lipinski definition) is 2. The fourth-order valence-electron chi connectivity index (χ4n) is 2.57. The Morgan fingerprint density at radius 1 is 1.37 bits per heavy atom. The van der Waals surface area contributed by atoms with Crippen molar-refractivity contribution in [3.05, 3.63) is 28.2 Å². The second-order valence-corrected chi connectivity index (χ2v) is 6.06. The number of aromatic carboxylic acids is 1. The van der Waals surface area contributed by atoms with Crippen molar-refractivity contribution in [3.63, 3.8) is 0 Å². The predicted octanol–water partition coefficient (Wildman–Crippen LogP) is 3.74. The molecule has 1 aromatic rings. The van der Waals surface area contributed by atoms with Gasteiger partial charge in [-0.15, -0.1) is 0 Å². The van der Waals surface area contributed by atoms with Gasteiger partial charge in [0.15, 0.2) is 0 Å². The van der Waals surface area contributed by atoms with Crippen LogP contribution in [0.2, 0.25) is 0 Å². The summed E-state index contributed by atoms with van der Waals surface area (Å²) < 4.78 is 0.773. The first-order valence-electron chi connectivity index (χ1n) is 6.57. The van der Waals surface area contributed by atoms with E-state index in [0.717, 1.165) is 17.3 Å². The Morgan fingerprint density at radius 2 is 2.00 bits per heavy atom. The number of anilines is 1. The third-order valence-electron chi connectivity index (χ3n) is 3.66. The van der Waals surface area contributed by atoms with Crippen LogP contribution in [-0.2, 0) is 0 Å². The number of hydrogen-bond acceptors (Lipinski definition) is 3. The Hall–Kier alpha value is -1.07. The van der Waals surface area contributed by atoms with Crippen LogP contribution in [0.3, 0.4) is 0 Å². The Morgan fingerprint density at radius 3 is 2.58 bits per heavy atom. The maximum atomic E-state index is 11.3. The highest BCUT2D eigenvalue weighted by molar-refractivity contribution is 9.10. The van der Waals surface area contributed by atoms with Crippen molar-refractivity contribution in [1.29, 1.82) is 0 Å². The number of carboxylic acids is 1. The minimum Gasteiger partial charge on any atom is -0.478 e. The number of carboxylic acid groups (broad SMARTS) is 1. The van der Waals surface area contributed by atoms with Crippen molar-refractivity contribution >= 4 is 27.6 Å². The van der Waals surface area contributed by atoms with E-state index in [2.05, 4.69) is 40.2 Å². The molecule has 104 valence electrons. The highest BCUT2D eigenvalue weighted by Crippen LogP contribution is 2.26. The number of nitrogens with zero attached hydrogens (tertiary/aromatic N) is 1. The lowest BCUT2D eigenvalue weighted by Crippen LogP contribution is -2.47. The first-order chi connectivity index (χ1) is 8.99. The van der Waals surface area contributed by atoms with E-state index in [4.69, 9.17) is 0 Å². The van der Waals surface area contributed by atoms with Crippen LogP contribution in [0.25, 0.3) is 0 Å². The van der Waals surface area contributed by atoms with E-state index in [0.29, 0.717) is 23.3 Å². The highest BCUT2D eigenvalue weighted by atomic mass is 79.9. The van der Waals surface area contributed by atoms with Crippen LogP contribution in [-0.4, -0.2) is 28.2 Å². The van der Waals surface area contributed by atoms with Crippen molar-refractivity contribution < 1.29 is 9.90 Å². The van der Waals surface area contributed by atoms with Crippen molar-refractivity contribution in [1.82, 2.24) is 5.01 Å². The van der Waals surface area contributed by atoms with Crippen molar-refractivity contribution in [2.75, 3.05) is 5.43 Å².